The summed E-state index contributed by atoms with van der Waals surface area (Å²) in [6, 6.07) is 24.0. The number of halogens is 4. The van der Waals surface area contributed by atoms with Crippen LogP contribution in [0.15, 0.2) is 97.1 Å². The molecule has 0 aliphatic heterocycles. The average molecular weight is 755 g/mol. The van der Waals surface area contributed by atoms with Gasteiger partial charge in [0, 0.05) is 0 Å². The molecule has 214 valence electrons. The Morgan fingerprint density at radius 1 is 0.372 bits per heavy atom. The molecule has 4 aromatic carbocycles. The van der Waals surface area contributed by atoms with Gasteiger partial charge in [-0.2, -0.15) is 0 Å². The van der Waals surface area contributed by atoms with E-state index in [4.69, 9.17) is 19.9 Å². The first kappa shape index (κ1) is 28.5. The second kappa shape index (κ2) is 12.0. The summed E-state index contributed by atoms with van der Waals surface area (Å²) in [7, 11) is 0. The van der Waals surface area contributed by atoms with Crippen molar-refractivity contribution in [3.05, 3.63) is 132 Å². The molecule has 0 unspecified atom stereocenters. The van der Waals surface area contributed by atoms with Crippen LogP contribution in [0.2, 0.25) is 0 Å². The summed E-state index contributed by atoms with van der Waals surface area (Å²) < 4.78 is 56.5. The minimum atomic E-state index is -1.21. The molecule has 0 spiro atoms. The van der Waals surface area contributed by atoms with Crippen LogP contribution in [0.1, 0.15) is 11.4 Å². The monoisotopic (exact) mass is 755 g/mol. The Balaban J connectivity index is 1.49. The van der Waals surface area contributed by atoms with E-state index in [9.17, 15) is 17.6 Å². The third kappa shape index (κ3) is 6.14. The average Bonchev–Trinajstić information content (AvgIpc) is 3.00. The second-order valence-electron chi connectivity index (χ2n) is 9.66. The number of aryl methyl sites for hydroxylation is 2. The topological polar surface area (TPSA) is 51.6 Å². The van der Waals surface area contributed by atoms with Crippen LogP contribution in [0.5, 0.6) is 0 Å². The molecule has 43 heavy (non-hydrogen) atoms. The Labute approximate surface area is 253 Å². The Kier molecular flexibility index (Phi) is 7.93. The summed E-state index contributed by atoms with van der Waals surface area (Å²) in [4.78, 5) is 19.8. The van der Waals surface area contributed by atoms with Crippen LogP contribution in [0, 0.1) is 37.1 Å². The molecule has 6 aromatic rings. The van der Waals surface area contributed by atoms with Crippen molar-refractivity contribution in [3.63, 3.8) is 0 Å². The summed E-state index contributed by atoms with van der Waals surface area (Å²) in [5.74, 6) is -1.48. The van der Waals surface area contributed by atoms with E-state index >= 15 is 0 Å². The fourth-order valence-corrected chi connectivity index (χ4v) is 6.93. The van der Waals surface area contributed by atoms with E-state index in [1.165, 1.54) is 48.5 Å². The van der Waals surface area contributed by atoms with Crippen LogP contribution in [-0.4, -0.2) is 19.9 Å². The van der Waals surface area contributed by atoms with E-state index in [0.717, 1.165) is 8.42 Å². The molecule has 6 rings (SSSR count). The summed E-state index contributed by atoms with van der Waals surface area (Å²) in [5.41, 5.74) is 6.29. The Bertz CT molecular complexity index is 1790. The minimum absolute atomic E-state index is 0.366. The van der Waals surface area contributed by atoms with Crippen LogP contribution in [0.4, 0.5) is 17.6 Å². The third-order valence-electron chi connectivity index (χ3n) is 6.61. The van der Waals surface area contributed by atoms with Crippen molar-refractivity contribution in [2.24, 2.45) is 0 Å². The predicted molar refractivity (Wildman–Crippen MR) is 154 cm³/mol. The van der Waals surface area contributed by atoms with Crippen LogP contribution < -0.4 is 8.42 Å². The van der Waals surface area contributed by atoms with Crippen LogP contribution >= 0.6 is 0 Å². The molecule has 0 radical (unpaired) electrons. The number of hydrogen-bond acceptors (Lipinski definition) is 4. The van der Waals surface area contributed by atoms with Gasteiger partial charge >= 0.3 is 254 Å². The molecule has 4 nitrogen and oxygen atoms in total. The molecule has 0 fully saturated rings. The Morgan fingerprint density at radius 2 is 0.605 bits per heavy atom. The molecule has 2 aromatic heterocycles. The van der Waals surface area contributed by atoms with Gasteiger partial charge in [0.1, 0.15) is 0 Å². The van der Waals surface area contributed by atoms with Gasteiger partial charge in [0.2, 0.25) is 0 Å². The molecule has 0 amide bonds. The van der Waals surface area contributed by atoms with Gasteiger partial charge in [-0.3, -0.25) is 0 Å². The molecule has 0 saturated heterocycles. The molecule has 0 saturated carbocycles. The van der Waals surface area contributed by atoms with Crippen molar-refractivity contribution in [2.75, 3.05) is 0 Å². The van der Waals surface area contributed by atoms with Gasteiger partial charge in [-0.25, -0.2) is 0 Å². The van der Waals surface area contributed by atoms with Crippen molar-refractivity contribution in [2.45, 2.75) is 13.8 Å². The first-order valence-corrected chi connectivity index (χ1v) is 15.6. The maximum absolute atomic E-state index is 13.8. The number of hydrogen-bond donors (Lipinski definition) is 0. The zero-order valence-electron chi connectivity index (χ0n) is 22.9. The summed E-state index contributed by atoms with van der Waals surface area (Å²) >= 11 is -1.21. The van der Waals surface area contributed by atoms with Gasteiger partial charge in [-0.05, 0) is 0 Å². The molecule has 2 heterocycles. The normalized spacial score (nSPS) is 11.2. The van der Waals surface area contributed by atoms with Gasteiger partial charge < -0.3 is 0 Å². The summed E-state index contributed by atoms with van der Waals surface area (Å²) in [6.45, 7) is 3.73. The van der Waals surface area contributed by atoms with Gasteiger partial charge in [-0.1, -0.05) is 0 Å². The molecule has 0 aliphatic rings. The molecule has 0 aliphatic carbocycles. The quantitative estimate of drug-likeness (QED) is 0.170. The van der Waals surface area contributed by atoms with E-state index in [-0.39, 0.29) is 23.3 Å². The standard InChI is InChI=1S/2C17H11F2N2.Ir/c2*1-11-10-20-16(12-2-6-14(18)7-3-12)17(21-11)13-4-8-15(19)9-5-13;/h2*2-9H,1H3;/q;;+1. The molecular weight excluding hydrogens is 733 g/mol. The zero-order valence-corrected chi connectivity index (χ0v) is 25.3. The first-order chi connectivity index (χ1) is 20.7. The van der Waals surface area contributed by atoms with Gasteiger partial charge in [0.15, 0.2) is 0 Å². The molecule has 0 bridgehead atoms. The predicted octanol–water partition coefficient (Wildman–Crippen LogP) is 7.14. The van der Waals surface area contributed by atoms with Crippen molar-refractivity contribution in [1.29, 1.82) is 0 Å². The third-order valence-corrected chi connectivity index (χ3v) is 10.0. The molecule has 0 atom stereocenters. The molecule has 0 N–H and O–H groups in total. The Hall–Kier alpha value is -4.59. The van der Waals surface area contributed by atoms with E-state index in [1.54, 1.807) is 48.5 Å². The molecule has 9 heteroatoms. The second-order valence-corrected chi connectivity index (χ2v) is 12.5. The van der Waals surface area contributed by atoms with Crippen molar-refractivity contribution < 1.29 is 35.3 Å². The zero-order chi connectivity index (χ0) is 30.1. The van der Waals surface area contributed by atoms with E-state index in [0.29, 0.717) is 56.4 Å². The fraction of sp³-hybridized carbons (Fsp3) is 0.0588. The summed E-state index contributed by atoms with van der Waals surface area (Å²) in [5, 5.41) is 0. The Morgan fingerprint density at radius 3 is 0.860 bits per heavy atom. The van der Waals surface area contributed by atoms with E-state index in [2.05, 4.69) is 0 Å². The van der Waals surface area contributed by atoms with Gasteiger partial charge in [-0.15, -0.1) is 0 Å². The van der Waals surface area contributed by atoms with Gasteiger partial charge in [0.05, 0.1) is 0 Å². The van der Waals surface area contributed by atoms with Crippen LogP contribution in [0.25, 0.3) is 45.0 Å². The van der Waals surface area contributed by atoms with Crippen molar-refractivity contribution in [1.82, 2.24) is 19.9 Å². The SMILES string of the molecule is Cc1nc(-c2ccc(F)cc2)c(-c2ccc(F)cc2)n[c]1[Ir+][c]1nc(-c2ccc(F)cc2)c(-c2ccc(F)cc2)nc1C. The number of rotatable bonds is 6. The fourth-order valence-electron chi connectivity index (χ4n) is 4.45. The van der Waals surface area contributed by atoms with E-state index < -0.39 is 17.7 Å². The van der Waals surface area contributed by atoms with Crippen molar-refractivity contribution >= 4 is 8.42 Å². The van der Waals surface area contributed by atoms with Crippen molar-refractivity contribution in [3.8, 4) is 45.0 Å². The number of aromatic nitrogens is 4. The van der Waals surface area contributed by atoms with Crippen LogP contribution in [-0.2, 0) is 17.7 Å². The first-order valence-electron chi connectivity index (χ1n) is 13.2. The van der Waals surface area contributed by atoms with Crippen LogP contribution in [0.3, 0.4) is 0 Å². The van der Waals surface area contributed by atoms with E-state index in [1.807, 2.05) is 13.8 Å². The molecular formula is C34H22F4IrN4+. The van der Waals surface area contributed by atoms with Gasteiger partial charge in [0.25, 0.3) is 0 Å². The summed E-state index contributed by atoms with van der Waals surface area (Å²) in [6.07, 6.45) is 0. The maximum atomic E-state index is 13.8. The number of nitrogens with zero attached hydrogens (tertiary/aromatic N) is 4. The number of benzene rings is 4.